The van der Waals surface area contributed by atoms with Crippen molar-refractivity contribution in [3.63, 3.8) is 0 Å². The number of carbonyl (C=O) groups excluding carboxylic acids is 3. The Kier molecular flexibility index (Phi) is 5.76. The van der Waals surface area contributed by atoms with E-state index in [2.05, 4.69) is 5.32 Å². The zero-order valence-electron chi connectivity index (χ0n) is 17.6. The number of hydrogen-bond donors (Lipinski definition) is 1. The second-order valence-electron chi connectivity index (χ2n) is 6.94. The van der Waals surface area contributed by atoms with Crippen molar-refractivity contribution in [3.8, 4) is 17.2 Å². The predicted octanol–water partition coefficient (Wildman–Crippen LogP) is 3.55. The summed E-state index contributed by atoms with van der Waals surface area (Å²) >= 11 is 0. The van der Waals surface area contributed by atoms with Gasteiger partial charge in [-0.1, -0.05) is 6.07 Å². The van der Waals surface area contributed by atoms with Gasteiger partial charge in [0.2, 0.25) is 0 Å². The van der Waals surface area contributed by atoms with E-state index < -0.39 is 17.8 Å². The largest absolute Gasteiger partial charge is 0.497 e. The van der Waals surface area contributed by atoms with Crippen LogP contribution in [0, 0.1) is 0 Å². The highest BCUT2D eigenvalue weighted by molar-refractivity contribution is 6.39. The normalized spacial score (nSPS) is 15.1. The van der Waals surface area contributed by atoms with Crippen LogP contribution in [-0.2, 0) is 9.59 Å². The van der Waals surface area contributed by atoms with Crippen molar-refractivity contribution in [2.75, 3.05) is 18.6 Å². The molecule has 0 saturated carbocycles. The van der Waals surface area contributed by atoms with Crippen molar-refractivity contribution in [2.24, 2.45) is 0 Å². The third-order valence-electron chi connectivity index (χ3n) is 4.89. The molecule has 0 aliphatic carbocycles. The van der Waals surface area contributed by atoms with Gasteiger partial charge in [-0.25, -0.2) is 9.69 Å². The summed E-state index contributed by atoms with van der Waals surface area (Å²) in [5.41, 5.74) is 1.70. The number of carbonyl (C=O) groups is 3. The fourth-order valence-corrected chi connectivity index (χ4v) is 3.35. The van der Waals surface area contributed by atoms with Crippen LogP contribution in [0.2, 0.25) is 0 Å². The van der Waals surface area contributed by atoms with Crippen molar-refractivity contribution in [2.45, 2.75) is 6.92 Å². The highest BCUT2D eigenvalue weighted by Crippen LogP contribution is 2.26. The molecule has 32 heavy (non-hydrogen) atoms. The molecule has 0 bridgehead atoms. The van der Waals surface area contributed by atoms with E-state index in [0.717, 1.165) is 16.3 Å². The smallest absolute Gasteiger partial charge is 0.335 e. The molecule has 1 fully saturated rings. The van der Waals surface area contributed by atoms with Crippen molar-refractivity contribution < 1.29 is 23.9 Å². The molecule has 0 spiro atoms. The number of ether oxygens (including phenoxy) is 2. The summed E-state index contributed by atoms with van der Waals surface area (Å²) in [6, 6.07) is 15.0. The number of nitrogens with zero attached hydrogens (tertiary/aromatic N) is 2. The second-order valence-corrected chi connectivity index (χ2v) is 6.94. The first-order valence-corrected chi connectivity index (χ1v) is 9.97. The van der Waals surface area contributed by atoms with Gasteiger partial charge in [0.25, 0.3) is 11.8 Å². The number of barbiturate groups is 1. The number of amides is 4. The Bertz CT molecular complexity index is 1210. The van der Waals surface area contributed by atoms with E-state index in [0.29, 0.717) is 23.6 Å². The second kappa shape index (κ2) is 8.81. The van der Waals surface area contributed by atoms with Crippen LogP contribution in [0.3, 0.4) is 0 Å². The molecule has 8 nitrogen and oxygen atoms in total. The zero-order chi connectivity index (χ0) is 22.7. The molecule has 3 aromatic rings. The monoisotopic (exact) mass is 431 g/mol. The molecule has 0 unspecified atom stereocenters. The topological polar surface area (TPSA) is 89.9 Å². The van der Waals surface area contributed by atoms with Crippen LogP contribution in [0.1, 0.15) is 12.5 Å². The van der Waals surface area contributed by atoms with Crippen molar-refractivity contribution in [3.05, 3.63) is 78.1 Å². The first-order valence-electron chi connectivity index (χ1n) is 9.97. The van der Waals surface area contributed by atoms with E-state index in [9.17, 15) is 14.4 Å². The highest BCUT2D eigenvalue weighted by atomic mass is 16.5. The highest BCUT2D eigenvalue weighted by Gasteiger charge is 2.37. The molecule has 0 atom stereocenters. The van der Waals surface area contributed by atoms with Gasteiger partial charge in [-0.3, -0.25) is 14.9 Å². The van der Waals surface area contributed by atoms with Gasteiger partial charge < -0.3 is 14.0 Å². The van der Waals surface area contributed by atoms with Crippen LogP contribution < -0.4 is 19.7 Å². The van der Waals surface area contributed by atoms with Crippen LogP contribution in [-0.4, -0.2) is 36.1 Å². The standard InChI is InChI=1S/C24H21N3O5/c1-3-32-20-6-4-5-18(14-20)27-23(29)21(22(28)25-24(27)30)13-16-11-12-26(15-16)17-7-9-19(31-2)10-8-17/h4-15H,3H2,1-2H3,(H,25,28,30)/b21-13-. The van der Waals surface area contributed by atoms with E-state index in [1.165, 1.54) is 6.08 Å². The zero-order valence-corrected chi connectivity index (χ0v) is 17.6. The van der Waals surface area contributed by atoms with Crippen LogP contribution in [0.15, 0.2) is 72.6 Å². The molecular formula is C24H21N3O5. The minimum absolute atomic E-state index is 0.140. The molecule has 8 heteroatoms. The van der Waals surface area contributed by atoms with E-state index in [4.69, 9.17) is 9.47 Å². The van der Waals surface area contributed by atoms with Crippen molar-refractivity contribution in [1.29, 1.82) is 0 Å². The van der Waals surface area contributed by atoms with E-state index in [1.807, 2.05) is 42.0 Å². The van der Waals surface area contributed by atoms with Crippen LogP contribution in [0.25, 0.3) is 11.8 Å². The Morgan fingerprint density at radius 2 is 1.75 bits per heavy atom. The van der Waals surface area contributed by atoms with Gasteiger partial charge in [-0.15, -0.1) is 0 Å². The van der Waals surface area contributed by atoms with E-state index >= 15 is 0 Å². The first-order chi connectivity index (χ1) is 15.5. The molecule has 2 heterocycles. The Hall–Kier alpha value is -4.33. The Morgan fingerprint density at radius 1 is 0.969 bits per heavy atom. The maximum absolute atomic E-state index is 13.1. The molecule has 0 radical (unpaired) electrons. The number of benzene rings is 2. The lowest BCUT2D eigenvalue weighted by atomic mass is 10.1. The Balaban J connectivity index is 1.63. The van der Waals surface area contributed by atoms with E-state index in [1.54, 1.807) is 43.6 Å². The van der Waals surface area contributed by atoms with Gasteiger partial charge in [-0.05, 0) is 61.0 Å². The number of rotatable bonds is 6. The maximum atomic E-state index is 13.1. The summed E-state index contributed by atoms with van der Waals surface area (Å²) < 4.78 is 12.5. The lowest BCUT2D eigenvalue weighted by Crippen LogP contribution is -2.54. The maximum Gasteiger partial charge on any atom is 0.335 e. The van der Waals surface area contributed by atoms with Gasteiger partial charge in [0.15, 0.2) is 0 Å². The average Bonchev–Trinajstić information content (AvgIpc) is 3.26. The van der Waals surface area contributed by atoms with Crippen LogP contribution in [0.4, 0.5) is 10.5 Å². The number of nitrogens with one attached hydrogen (secondary N) is 1. The average molecular weight is 431 g/mol. The number of methoxy groups -OCH3 is 1. The Labute approximate surface area is 184 Å². The summed E-state index contributed by atoms with van der Waals surface area (Å²) in [4.78, 5) is 38.8. The van der Waals surface area contributed by atoms with Gasteiger partial charge in [0.05, 0.1) is 19.4 Å². The summed E-state index contributed by atoms with van der Waals surface area (Å²) in [6.45, 7) is 2.28. The predicted molar refractivity (Wildman–Crippen MR) is 119 cm³/mol. The Morgan fingerprint density at radius 3 is 2.47 bits per heavy atom. The van der Waals surface area contributed by atoms with Gasteiger partial charge >= 0.3 is 6.03 Å². The quantitative estimate of drug-likeness (QED) is 0.476. The van der Waals surface area contributed by atoms with Gasteiger partial charge in [-0.2, -0.15) is 0 Å². The first kappa shape index (κ1) is 20.9. The number of anilines is 1. The summed E-state index contributed by atoms with van der Waals surface area (Å²) in [6.07, 6.45) is 5.06. The van der Waals surface area contributed by atoms with Crippen molar-refractivity contribution in [1.82, 2.24) is 9.88 Å². The molecule has 4 amide bonds. The lowest BCUT2D eigenvalue weighted by Gasteiger charge is -2.26. The minimum Gasteiger partial charge on any atom is -0.497 e. The molecule has 4 rings (SSSR count). The number of urea groups is 1. The number of imide groups is 2. The van der Waals surface area contributed by atoms with Crippen LogP contribution in [0.5, 0.6) is 11.5 Å². The van der Waals surface area contributed by atoms with Gasteiger partial charge in [0.1, 0.15) is 17.1 Å². The molecular weight excluding hydrogens is 410 g/mol. The fraction of sp³-hybridized carbons (Fsp3) is 0.125. The number of aromatic nitrogens is 1. The SMILES string of the molecule is CCOc1cccc(N2C(=O)NC(=O)/C(=C/c3ccn(-c4ccc(OC)cc4)c3)C2=O)c1. The summed E-state index contributed by atoms with van der Waals surface area (Å²) in [5.74, 6) is -0.186. The third-order valence-corrected chi connectivity index (χ3v) is 4.89. The van der Waals surface area contributed by atoms with Crippen LogP contribution >= 0.6 is 0 Å². The van der Waals surface area contributed by atoms with Crippen molar-refractivity contribution >= 4 is 29.6 Å². The van der Waals surface area contributed by atoms with E-state index in [-0.39, 0.29) is 5.57 Å². The molecule has 2 aromatic carbocycles. The minimum atomic E-state index is -0.804. The molecule has 1 aromatic heterocycles. The lowest BCUT2D eigenvalue weighted by molar-refractivity contribution is -0.122. The third kappa shape index (κ3) is 4.11. The van der Waals surface area contributed by atoms with Gasteiger partial charge in [0, 0.05) is 24.1 Å². The molecule has 162 valence electrons. The summed E-state index contributed by atoms with van der Waals surface area (Å²) in [5, 5.41) is 2.23. The molecule has 1 aliphatic heterocycles. The molecule has 1 saturated heterocycles. The molecule has 1 aliphatic rings. The fourth-order valence-electron chi connectivity index (χ4n) is 3.35. The number of hydrogen-bond acceptors (Lipinski definition) is 5. The molecule has 1 N–H and O–H groups in total. The summed E-state index contributed by atoms with van der Waals surface area (Å²) in [7, 11) is 1.60.